The minimum Gasteiger partial charge on any atom is -0.370 e. The zero-order chi connectivity index (χ0) is 18.1. The number of aromatic nitrogens is 1. The van der Waals surface area contributed by atoms with Crippen LogP contribution in [0, 0.1) is 0 Å². The topological polar surface area (TPSA) is 45.5 Å². The number of hydrogen-bond donors (Lipinski definition) is 0. The summed E-state index contributed by atoms with van der Waals surface area (Å²) in [6.07, 6.45) is 2.77. The van der Waals surface area contributed by atoms with Gasteiger partial charge in [-0.3, -0.25) is 0 Å². The number of hydrogen-bond acceptors (Lipinski definition) is 4. The Bertz CT molecular complexity index is 1010. The summed E-state index contributed by atoms with van der Waals surface area (Å²) in [5.41, 5.74) is 1.84. The molecule has 1 aliphatic rings. The predicted octanol–water partition coefficient (Wildman–Crippen LogP) is 3.02. The fourth-order valence-electron chi connectivity index (χ4n) is 3.61. The Morgan fingerprint density at radius 3 is 2.46 bits per heavy atom. The van der Waals surface area contributed by atoms with Crippen LogP contribution in [-0.2, 0) is 10.0 Å². The van der Waals surface area contributed by atoms with E-state index < -0.39 is 10.0 Å². The third-order valence-electron chi connectivity index (χ3n) is 5.03. The molecule has 0 atom stereocenters. The molecule has 0 radical (unpaired) electrons. The van der Waals surface area contributed by atoms with Gasteiger partial charge in [-0.05, 0) is 50.3 Å². The maximum Gasteiger partial charge on any atom is 0.268 e. The molecule has 1 saturated heterocycles. The first-order chi connectivity index (χ1) is 12.6. The monoisotopic (exact) mass is 369 g/mol. The Kier molecular flexibility index (Phi) is 4.46. The van der Waals surface area contributed by atoms with Gasteiger partial charge in [0.05, 0.1) is 10.4 Å². The number of rotatable bonds is 3. The molecule has 0 bridgehead atoms. The van der Waals surface area contributed by atoms with Gasteiger partial charge in [0, 0.05) is 36.9 Å². The molecule has 136 valence electrons. The molecular weight excluding hydrogens is 346 g/mol. The van der Waals surface area contributed by atoms with E-state index in [4.69, 9.17) is 0 Å². The van der Waals surface area contributed by atoms with E-state index >= 15 is 0 Å². The van der Waals surface area contributed by atoms with Gasteiger partial charge in [0.25, 0.3) is 10.0 Å². The zero-order valence-corrected chi connectivity index (χ0v) is 15.7. The van der Waals surface area contributed by atoms with Crippen molar-refractivity contribution in [3.8, 4) is 0 Å². The van der Waals surface area contributed by atoms with Crippen LogP contribution in [0.5, 0.6) is 0 Å². The molecule has 5 nitrogen and oxygen atoms in total. The van der Waals surface area contributed by atoms with E-state index in [1.54, 1.807) is 30.5 Å². The van der Waals surface area contributed by atoms with E-state index in [1.165, 1.54) is 3.97 Å². The molecule has 26 heavy (non-hydrogen) atoms. The average Bonchev–Trinajstić information content (AvgIpc) is 2.99. The van der Waals surface area contributed by atoms with Crippen molar-refractivity contribution in [3.05, 3.63) is 60.8 Å². The first-order valence-corrected chi connectivity index (χ1v) is 10.4. The van der Waals surface area contributed by atoms with Gasteiger partial charge in [0.15, 0.2) is 0 Å². The minimum atomic E-state index is -3.60. The lowest BCUT2D eigenvalue weighted by atomic mass is 10.2. The van der Waals surface area contributed by atoms with Crippen LogP contribution >= 0.6 is 0 Å². The van der Waals surface area contributed by atoms with Gasteiger partial charge in [0.2, 0.25) is 0 Å². The van der Waals surface area contributed by atoms with E-state index in [9.17, 15) is 8.42 Å². The first-order valence-electron chi connectivity index (χ1n) is 8.91. The molecule has 0 aliphatic carbocycles. The van der Waals surface area contributed by atoms with Gasteiger partial charge in [-0.25, -0.2) is 12.4 Å². The van der Waals surface area contributed by atoms with Crippen LogP contribution in [0.15, 0.2) is 65.7 Å². The quantitative estimate of drug-likeness (QED) is 0.712. The summed E-state index contributed by atoms with van der Waals surface area (Å²) < 4.78 is 27.5. The summed E-state index contributed by atoms with van der Waals surface area (Å²) in [6.45, 7) is 4.04. The normalized spacial score (nSPS) is 16.7. The lowest BCUT2D eigenvalue weighted by Crippen LogP contribution is -2.28. The van der Waals surface area contributed by atoms with E-state index in [0.29, 0.717) is 4.90 Å². The molecule has 0 unspecified atom stereocenters. The third-order valence-corrected chi connectivity index (χ3v) is 6.74. The van der Waals surface area contributed by atoms with Gasteiger partial charge < -0.3 is 9.80 Å². The fraction of sp³-hybridized carbons (Fsp3) is 0.300. The summed E-state index contributed by atoms with van der Waals surface area (Å²) in [7, 11) is -1.45. The van der Waals surface area contributed by atoms with Crippen molar-refractivity contribution in [3.63, 3.8) is 0 Å². The van der Waals surface area contributed by atoms with Crippen LogP contribution < -0.4 is 4.90 Å². The molecule has 0 N–H and O–H groups in total. The molecule has 2 heterocycles. The summed E-state index contributed by atoms with van der Waals surface area (Å²) in [4.78, 5) is 5.01. The van der Waals surface area contributed by atoms with Gasteiger partial charge in [0.1, 0.15) is 0 Å². The molecule has 4 rings (SSSR count). The number of anilines is 1. The van der Waals surface area contributed by atoms with Crippen LogP contribution in [0.2, 0.25) is 0 Å². The van der Waals surface area contributed by atoms with E-state index in [2.05, 4.69) is 22.9 Å². The van der Waals surface area contributed by atoms with Crippen molar-refractivity contribution in [2.45, 2.75) is 11.3 Å². The predicted molar refractivity (Wildman–Crippen MR) is 105 cm³/mol. The highest BCUT2D eigenvalue weighted by Gasteiger charge is 2.21. The van der Waals surface area contributed by atoms with Gasteiger partial charge >= 0.3 is 0 Å². The molecule has 1 aliphatic heterocycles. The molecule has 3 aromatic rings. The van der Waals surface area contributed by atoms with Crippen molar-refractivity contribution in [2.24, 2.45) is 0 Å². The van der Waals surface area contributed by atoms with E-state index in [-0.39, 0.29) is 0 Å². The third kappa shape index (κ3) is 2.99. The number of fused-ring (bicyclic) bond motifs is 1. The Morgan fingerprint density at radius 2 is 1.65 bits per heavy atom. The Morgan fingerprint density at radius 1 is 0.846 bits per heavy atom. The Hall–Kier alpha value is -2.31. The smallest absolute Gasteiger partial charge is 0.268 e. The lowest BCUT2D eigenvalue weighted by Gasteiger charge is -2.23. The van der Waals surface area contributed by atoms with Gasteiger partial charge in [-0.2, -0.15) is 0 Å². The van der Waals surface area contributed by atoms with Crippen molar-refractivity contribution in [1.29, 1.82) is 0 Å². The first kappa shape index (κ1) is 17.1. The molecule has 0 spiro atoms. The maximum absolute atomic E-state index is 13.0. The molecular formula is C20H23N3O2S. The molecule has 0 saturated carbocycles. The second kappa shape index (κ2) is 6.78. The highest BCUT2D eigenvalue weighted by atomic mass is 32.2. The van der Waals surface area contributed by atoms with Crippen LogP contribution in [0.25, 0.3) is 10.9 Å². The average molecular weight is 369 g/mol. The Balaban J connectivity index is 1.79. The number of likely N-dealkylation sites (N-methyl/N-ethyl adjacent to an activating group) is 1. The van der Waals surface area contributed by atoms with E-state index in [0.717, 1.165) is 49.2 Å². The van der Waals surface area contributed by atoms with Crippen molar-refractivity contribution >= 4 is 26.6 Å². The number of benzene rings is 2. The van der Waals surface area contributed by atoms with Crippen molar-refractivity contribution in [1.82, 2.24) is 8.87 Å². The van der Waals surface area contributed by atoms with Crippen molar-refractivity contribution in [2.75, 3.05) is 38.1 Å². The molecule has 1 fully saturated rings. The van der Waals surface area contributed by atoms with Crippen LogP contribution in [0.3, 0.4) is 0 Å². The summed E-state index contributed by atoms with van der Waals surface area (Å²) >= 11 is 0. The number of nitrogens with zero attached hydrogens (tertiary/aromatic N) is 3. The standard InChI is InChI=1S/C20H23N3O2S/c1-21-12-6-13-22(16-15-21)19-9-5-10-20-18(19)11-14-23(20)26(24,25)17-7-3-2-4-8-17/h2-5,7-11,14H,6,12-13,15-16H2,1H3. The fourth-order valence-corrected chi connectivity index (χ4v) is 4.97. The molecule has 6 heteroatoms. The molecule has 2 aromatic carbocycles. The van der Waals surface area contributed by atoms with Gasteiger partial charge in [-0.1, -0.05) is 24.3 Å². The second-order valence-corrected chi connectivity index (χ2v) is 8.60. The Labute approximate surface area is 154 Å². The lowest BCUT2D eigenvalue weighted by molar-refractivity contribution is 0.360. The van der Waals surface area contributed by atoms with Crippen LogP contribution in [-0.4, -0.2) is 50.5 Å². The van der Waals surface area contributed by atoms with Crippen molar-refractivity contribution < 1.29 is 8.42 Å². The zero-order valence-electron chi connectivity index (χ0n) is 14.9. The summed E-state index contributed by atoms with van der Waals surface area (Å²) in [5.74, 6) is 0. The van der Waals surface area contributed by atoms with Gasteiger partial charge in [-0.15, -0.1) is 0 Å². The molecule has 1 aromatic heterocycles. The summed E-state index contributed by atoms with van der Waals surface area (Å²) in [6, 6.07) is 16.4. The van der Waals surface area contributed by atoms with Crippen LogP contribution in [0.4, 0.5) is 5.69 Å². The highest BCUT2D eigenvalue weighted by molar-refractivity contribution is 7.90. The van der Waals surface area contributed by atoms with Crippen LogP contribution in [0.1, 0.15) is 6.42 Å². The largest absolute Gasteiger partial charge is 0.370 e. The maximum atomic E-state index is 13.0. The van der Waals surface area contributed by atoms with E-state index in [1.807, 2.05) is 24.3 Å². The SMILES string of the molecule is CN1CCCN(c2cccc3c2ccn3S(=O)(=O)c2ccccc2)CC1. The second-order valence-electron chi connectivity index (χ2n) is 6.78. The highest BCUT2D eigenvalue weighted by Crippen LogP contribution is 2.30. The summed E-state index contributed by atoms with van der Waals surface area (Å²) in [5, 5.41) is 0.983. The minimum absolute atomic E-state index is 0.305. The molecule has 0 amide bonds.